The Morgan fingerprint density at radius 2 is 1.79 bits per heavy atom. The number of hydrogen-bond donors (Lipinski definition) is 3. The number of aliphatic hydroxyl groups excluding tert-OH is 1. The fourth-order valence-electron chi connectivity index (χ4n) is 1.01. The monoisotopic (exact) mass is 203 g/mol. The van der Waals surface area contributed by atoms with E-state index in [2.05, 4.69) is 5.32 Å². The van der Waals surface area contributed by atoms with E-state index in [9.17, 15) is 9.59 Å². The number of carbonyl (C=O) groups is 2. The number of nitrogens with one attached hydrogen (secondary N) is 1. The van der Waals surface area contributed by atoms with Crippen molar-refractivity contribution in [2.24, 2.45) is 5.92 Å². The van der Waals surface area contributed by atoms with Crippen LogP contribution in [0.3, 0.4) is 0 Å². The summed E-state index contributed by atoms with van der Waals surface area (Å²) in [7, 11) is 0. The molecule has 0 saturated carbocycles. The van der Waals surface area contributed by atoms with E-state index in [0.717, 1.165) is 0 Å². The van der Waals surface area contributed by atoms with Crippen LogP contribution >= 0.6 is 0 Å². The number of rotatable bonds is 5. The Hall–Kier alpha value is -1.10. The molecule has 0 heterocycles. The summed E-state index contributed by atoms with van der Waals surface area (Å²) in [6.07, 6.45) is -0.826. The molecule has 0 aliphatic rings. The van der Waals surface area contributed by atoms with Crippen molar-refractivity contribution in [2.45, 2.75) is 39.3 Å². The molecule has 5 heteroatoms. The van der Waals surface area contributed by atoms with Crippen molar-refractivity contribution in [3.8, 4) is 0 Å². The molecule has 0 rings (SSSR count). The minimum atomic E-state index is -1.06. The molecule has 0 saturated heterocycles. The molecular formula is C9H17NO4. The first-order valence-electron chi connectivity index (χ1n) is 4.54. The molecule has 82 valence electrons. The van der Waals surface area contributed by atoms with E-state index in [1.165, 1.54) is 6.92 Å². The summed E-state index contributed by atoms with van der Waals surface area (Å²) in [5.41, 5.74) is 0. The van der Waals surface area contributed by atoms with E-state index < -0.39 is 24.0 Å². The van der Waals surface area contributed by atoms with Crippen LogP contribution in [0.5, 0.6) is 0 Å². The first-order chi connectivity index (χ1) is 6.34. The number of carbonyl (C=O) groups excluding carboxylic acids is 1. The third kappa shape index (κ3) is 4.81. The first-order valence-corrected chi connectivity index (χ1v) is 4.54. The Morgan fingerprint density at radius 1 is 1.29 bits per heavy atom. The number of carboxylic acids is 1. The largest absolute Gasteiger partial charge is 0.480 e. The summed E-state index contributed by atoms with van der Waals surface area (Å²) in [6, 6.07) is -0.888. The van der Waals surface area contributed by atoms with E-state index in [-0.39, 0.29) is 12.3 Å². The van der Waals surface area contributed by atoms with Crippen LogP contribution < -0.4 is 5.32 Å². The summed E-state index contributed by atoms with van der Waals surface area (Å²) >= 11 is 0. The van der Waals surface area contributed by atoms with Crippen LogP contribution in [0.1, 0.15) is 27.2 Å². The van der Waals surface area contributed by atoms with Gasteiger partial charge in [0.15, 0.2) is 0 Å². The second kappa shape index (κ2) is 5.59. The summed E-state index contributed by atoms with van der Waals surface area (Å²) in [6.45, 7) is 4.90. The maximum absolute atomic E-state index is 11.1. The lowest BCUT2D eigenvalue weighted by molar-refractivity contribution is -0.143. The zero-order valence-electron chi connectivity index (χ0n) is 8.65. The summed E-state index contributed by atoms with van der Waals surface area (Å²) in [4.78, 5) is 21.8. The van der Waals surface area contributed by atoms with Gasteiger partial charge in [0.2, 0.25) is 5.91 Å². The average Bonchev–Trinajstić information content (AvgIpc) is 1.97. The smallest absolute Gasteiger partial charge is 0.326 e. The van der Waals surface area contributed by atoms with Gasteiger partial charge in [-0.2, -0.15) is 0 Å². The van der Waals surface area contributed by atoms with E-state index in [1.807, 2.05) is 0 Å². The Kier molecular flexibility index (Phi) is 5.15. The fraction of sp³-hybridized carbons (Fsp3) is 0.778. The van der Waals surface area contributed by atoms with Gasteiger partial charge in [-0.25, -0.2) is 4.79 Å². The summed E-state index contributed by atoms with van der Waals surface area (Å²) in [5.74, 6) is -1.68. The predicted molar refractivity (Wildman–Crippen MR) is 50.7 cm³/mol. The zero-order chi connectivity index (χ0) is 11.3. The SMILES string of the molecule is CC(O)CC(=O)N[C@H](C(=O)O)C(C)C. The molecule has 0 radical (unpaired) electrons. The van der Waals surface area contributed by atoms with Gasteiger partial charge in [0.25, 0.3) is 0 Å². The highest BCUT2D eigenvalue weighted by Crippen LogP contribution is 2.02. The number of aliphatic hydroxyl groups is 1. The van der Waals surface area contributed by atoms with Crippen molar-refractivity contribution >= 4 is 11.9 Å². The Morgan fingerprint density at radius 3 is 2.07 bits per heavy atom. The Labute approximate surface area is 83.1 Å². The molecule has 0 aliphatic carbocycles. The molecule has 14 heavy (non-hydrogen) atoms. The van der Waals surface area contributed by atoms with Crippen molar-refractivity contribution in [3.63, 3.8) is 0 Å². The van der Waals surface area contributed by atoms with Crippen LogP contribution in [-0.4, -0.2) is 34.2 Å². The minimum Gasteiger partial charge on any atom is -0.480 e. The zero-order valence-corrected chi connectivity index (χ0v) is 8.65. The van der Waals surface area contributed by atoms with Crippen LogP contribution in [0.4, 0.5) is 0 Å². The van der Waals surface area contributed by atoms with Gasteiger partial charge in [-0.3, -0.25) is 4.79 Å². The standard InChI is InChI=1S/C9H17NO4/c1-5(2)8(9(13)14)10-7(12)4-6(3)11/h5-6,8,11H,4H2,1-3H3,(H,10,12)(H,13,14)/t6?,8-/m0/s1. The second-order valence-electron chi connectivity index (χ2n) is 3.68. The molecular weight excluding hydrogens is 186 g/mol. The molecule has 2 atom stereocenters. The van der Waals surface area contributed by atoms with Gasteiger partial charge >= 0.3 is 5.97 Å². The van der Waals surface area contributed by atoms with Crippen molar-refractivity contribution in [1.82, 2.24) is 5.32 Å². The van der Waals surface area contributed by atoms with E-state index in [1.54, 1.807) is 13.8 Å². The summed E-state index contributed by atoms with van der Waals surface area (Å²) in [5, 5.41) is 20.0. The quantitative estimate of drug-likeness (QED) is 0.586. The topological polar surface area (TPSA) is 86.6 Å². The molecule has 0 aromatic carbocycles. The maximum Gasteiger partial charge on any atom is 0.326 e. The lowest BCUT2D eigenvalue weighted by atomic mass is 10.0. The summed E-state index contributed by atoms with van der Waals surface area (Å²) < 4.78 is 0. The van der Waals surface area contributed by atoms with Crippen molar-refractivity contribution < 1.29 is 19.8 Å². The van der Waals surface area contributed by atoms with Crippen LogP contribution in [0.2, 0.25) is 0 Å². The highest BCUT2D eigenvalue weighted by Gasteiger charge is 2.23. The average molecular weight is 203 g/mol. The van der Waals surface area contributed by atoms with Gasteiger partial charge in [-0.05, 0) is 12.8 Å². The molecule has 3 N–H and O–H groups in total. The second-order valence-corrected chi connectivity index (χ2v) is 3.68. The molecule has 1 unspecified atom stereocenters. The van der Waals surface area contributed by atoms with E-state index >= 15 is 0 Å². The minimum absolute atomic E-state index is 0.0729. The van der Waals surface area contributed by atoms with E-state index in [4.69, 9.17) is 10.2 Å². The maximum atomic E-state index is 11.1. The molecule has 0 aliphatic heterocycles. The van der Waals surface area contributed by atoms with Gasteiger partial charge < -0.3 is 15.5 Å². The van der Waals surface area contributed by atoms with Crippen LogP contribution in [0, 0.1) is 5.92 Å². The normalized spacial score (nSPS) is 14.9. The van der Waals surface area contributed by atoms with Gasteiger partial charge in [0, 0.05) is 0 Å². The molecule has 5 nitrogen and oxygen atoms in total. The lowest BCUT2D eigenvalue weighted by Gasteiger charge is -2.18. The lowest BCUT2D eigenvalue weighted by Crippen LogP contribution is -2.44. The Balaban J connectivity index is 4.17. The molecule has 0 aromatic heterocycles. The number of aliphatic carboxylic acids is 1. The Bertz CT molecular complexity index is 213. The van der Waals surface area contributed by atoms with Gasteiger partial charge in [-0.15, -0.1) is 0 Å². The third-order valence-electron chi connectivity index (χ3n) is 1.73. The molecule has 1 amide bonds. The van der Waals surface area contributed by atoms with Crippen molar-refractivity contribution in [1.29, 1.82) is 0 Å². The number of carboxylic acid groups (broad SMARTS) is 1. The van der Waals surface area contributed by atoms with Crippen LogP contribution in [0.15, 0.2) is 0 Å². The fourth-order valence-corrected chi connectivity index (χ4v) is 1.01. The van der Waals surface area contributed by atoms with Gasteiger partial charge in [0.05, 0.1) is 12.5 Å². The molecule has 0 fully saturated rings. The molecule has 0 bridgehead atoms. The first kappa shape index (κ1) is 12.9. The van der Waals surface area contributed by atoms with Crippen LogP contribution in [-0.2, 0) is 9.59 Å². The van der Waals surface area contributed by atoms with Crippen molar-refractivity contribution in [3.05, 3.63) is 0 Å². The highest BCUT2D eigenvalue weighted by molar-refractivity contribution is 5.83. The van der Waals surface area contributed by atoms with Gasteiger partial charge in [-0.1, -0.05) is 13.8 Å². The molecule has 0 aromatic rings. The number of hydrogen-bond acceptors (Lipinski definition) is 3. The van der Waals surface area contributed by atoms with Crippen molar-refractivity contribution in [2.75, 3.05) is 0 Å². The third-order valence-corrected chi connectivity index (χ3v) is 1.73. The predicted octanol–water partition coefficient (Wildman–Crippen LogP) is -0.0173. The highest BCUT2D eigenvalue weighted by atomic mass is 16.4. The van der Waals surface area contributed by atoms with E-state index in [0.29, 0.717) is 0 Å². The van der Waals surface area contributed by atoms with Gasteiger partial charge in [0.1, 0.15) is 6.04 Å². The number of amides is 1. The molecule has 0 spiro atoms. The van der Waals surface area contributed by atoms with Crippen LogP contribution in [0.25, 0.3) is 0 Å².